The van der Waals surface area contributed by atoms with Gasteiger partial charge >= 0.3 is 11.9 Å². The van der Waals surface area contributed by atoms with Crippen LogP contribution in [0.25, 0.3) is 0 Å². The van der Waals surface area contributed by atoms with Gasteiger partial charge in [-0.1, -0.05) is 6.92 Å². The Balaban J connectivity index is 2.67. The van der Waals surface area contributed by atoms with E-state index in [-0.39, 0.29) is 18.1 Å². The monoisotopic (exact) mass is 252 g/mol. The Morgan fingerprint density at radius 3 is 2.28 bits per heavy atom. The first-order valence-corrected chi connectivity index (χ1v) is 5.75. The Hall–Kier alpha value is -2.04. The zero-order chi connectivity index (χ0) is 13.5. The SMILES string of the molecule is CCOC(=O)C(CC)C(=O)Oc1ccc(O)cc1. The first-order chi connectivity index (χ1) is 8.58. The van der Waals surface area contributed by atoms with Crippen LogP contribution in [-0.2, 0) is 14.3 Å². The van der Waals surface area contributed by atoms with Crippen molar-refractivity contribution in [2.24, 2.45) is 5.92 Å². The lowest BCUT2D eigenvalue weighted by molar-refractivity contribution is -0.157. The van der Waals surface area contributed by atoms with Gasteiger partial charge in [0.2, 0.25) is 0 Å². The van der Waals surface area contributed by atoms with Crippen molar-refractivity contribution in [1.29, 1.82) is 0 Å². The molecule has 1 N–H and O–H groups in total. The van der Waals surface area contributed by atoms with Crippen molar-refractivity contribution < 1.29 is 24.2 Å². The Labute approximate surface area is 105 Å². The topological polar surface area (TPSA) is 72.8 Å². The van der Waals surface area contributed by atoms with Gasteiger partial charge in [0.1, 0.15) is 11.5 Å². The predicted octanol–water partition coefficient (Wildman–Crippen LogP) is 1.89. The van der Waals surface area contributed by atoms with E-state index in [0.717, 1.165) is 0 Å². The van der Waals surface area contributed by atoms with Gasteiger partial charge in [-0.25, -0.2) is 0 Å². The number of benzene rings is 1. The maximum atomic E-state index is 11.8. The summed E-state index contributed by atoms with van der Waals surface area (Å²) in [4.78, 5) is 23.3. The van der Waals surface area contributed by atoms with Crippen molar-refractivity contribution in [3.63, 3.8) is 0 Å². The molecule has 98 valence electrons. The molecule has 0 saturated carbocycles. The lowest BCUT2D eigenvalue weighted by Crippen LogP contribution is -2.29. The maximum absolute atomic E-state index is 11.8. The van der Waals surface area contributed by atoms with E-state index in [9.17, 15) is 9.59 Å². The molecule has 5 nitrogen and oxygen atoms in total. The number of ether oxygens (including phenoxy) is 2. The fraction of sp³-hybridized carbons (Fsp3) is 0.385. The summed E-state index contributed by atoms with van der Waals surface area (Å²) in [7, 11) is 0. The van der Waals surface area contributed by atoms with Gasteiger partial charge in [-0.15, -0.1) is 0 Å². The summed E-state index contributed by atoms with van der Waals surface area (Å²) in [6.07, 6.45) is 0.315. The normalized spacial score (nSPS) is 11.7. The maximum Gasteiger partial charge on any atom is 0.325 e. The Morgan fingerprint density at radius 1 is 1.17 bits per heavy atom. The minimum absolute atomic E-state index is 0.0761. The van der Waals surface area contributed by atoms with Crippen LogP contribution in [0.3, 0.4) is 0 Å². The molecule has 1 atom stereocenters. The van der Waals surface area contributed by atoms with E-state index in [4.69, 9.17) is 14.6 Å². The fourth-order valence-corrected chi connectivity index (χ4v) is 1.37. The van der Waals surface area contributed by atoms with E-state index >= 15 is 0 Å². The second kappa shape index (κ2) is 6.64. The van der Waals surface area contributed by atoms with E-state index in [1.165, 1.54) is 24.3 Å². The highest BCUT2D eigenvalue weighted by Gasteiger charge is 2.28. The molecule has 0 heterocycles. The predicted molar refractivity (Wildman–Crippen MR) is 64.2 cm³/mol. The van der Waals surface area contributed by atoms with E-state index in [1.807, 2.05) is 0 Å². The number of phenols is 1. The molecule has 5 heteroatoms. The van der Waals surface area contributed by atoms with Crippen molar-refractivity contribution in [3.05, 3.63) is 24.3 Å². The molecule has 0 aliphatic heterocycles. The zero-order valence-corrected chi connectivity index (χ0v) is 10.4. The van der Waals surface area contributed by atoms with Crippen molar-refractivity contribution in [3.8, 4) is 11.5 Å². The number of rotatable bonds is 5. The molecule has 0 bridgehead atoms. The van der Waals surface area contributed by atoms with Crippen LogP contribution in [0.2, 0.25) is 0 Å². The van der Waals surface area contributed by atoms with Gasteiger partial charge < -0.3 is 14.6 Å². The molecule has 0 aliphatic carbocycles. The minimum Gasteiger partial charge on any atom is -0.508 e. The molecule has 18 heavy (non-hydrogen) atoms. The number of hydrogen-bond donors (Lipinski definition) is 1. The van der Waals surface area contributed by atoms with Crippen LogP contribution in [0.1, 0.15) is 20.3 Å². The average molecular weight is 252 g/mol. The Morgan fingerprint density at radius 2 is 1.78 bits per heavy atom. The summed E-state index contributed by atoms with van der Waals surface area (Å²) in [5.41, 5.74) is 0. The van der Waals surface area contributed by atoms with E-state index in [2.05, 4.69) is 0 Å². The molecule has 0 radical (unpaired) electrons. The third-order valence-electron chi connectivity index (χ3n) is 2.32. The average Bonchev–Trinajstić information content (AvgIpc) is 2.33. The zero-order valence-electron chi connectivity index (χ0n) is 10.4. The van der Waals surface area contributed by atoms with Crippen LogP contribution in [0.15, 0.2) is 24.3 Å². The number of carbonyl (C=O) groups excluding carboxylic acids is 2. The lowest BCUT2D eigenvalue weighted by Gasteiger charge is -2.12. The van der Waals surface area contributed by atoms with Gasteiger partial charge in [0.15, 0.2) is 5.92 Å². The summed E-state index contributed by atoms with van der Waals surface area (Å²) in [6, 6.07) is 5.69. The van der Waals surface area contributed by atoms with E-state index in [1.54, 1.807) is 13.8 Å². The largest absolute Gasteiger partial charge is 0.508 e. The quantitative estimate of drug-likeness (QED) is 0.492. The van der Waals surface area contributed by atoms with Crippen LogP contribution in [0.5, 0.6) is 11.5 Å². The summed E-state index contributed by atoms with van der Waals surface area (Å²) >= 11 is 0. The van der Waals surface area contributed by atoms with Crippen LogP contribution in [0, 0.1) is 5.92 Å². The van der Waals surface area contributed by atoms with Gasteiger partial charge in [-0.2, -0.15) is 0 Å². The van der Waals surface area contributed by atoms with Gasteiger partial charge in [0, 0.05) is 0 Å². The number of phenolic OH excluding ortho intramolecular Hbond substituents is 1. The first-order valence-electron chi connectivity index (χ1n) is 5.75. The van der Waals surface area contributed by atoms with Crippen LogP contribution in [0.4, 0.5) is 0 Å². The van der Waals surface area contributed by atoms with E-state index in [0.29, 0.717) is 6.42 Å². The van der Waals surface area contributed by atoms with Crippen molar-refractivity contribution in [2.45, 2.75) is 20.3 Å². The van der Waals surface area contributed by atoms with Crippen molar-refractivity contribution >= 4 is 11.9 Å². The number of hydrogen-bond acceptors (Lipinski definition) is 5. The molecule has 0 spiro atoms. The van der Waals surface area contributed by atoms with Crippen LogP contribution < -0.4 is 4.74 Å². The second-order valence-electron chi connectivity index (χ2n) is 3.63. The smallest absolute Gasteiger partial charge is 0.325 e. The summed E-state index contributed by atoms with van der Waals surface area (Å²) in [5, 5.41) is 9.09. The third kappa shape index (κ3) is 3.76. The van der Waals surface area contributed by atoms with Gasteiger partial charge in [0.25, 0.3) is 0 Å². The van der Waals surface area contributed by atoms with Gasteiger partial charge in [-0.05, 0) is 37.6 Å². The van der Waals surface area contributed by atoms with E-state index < -0.39 is 17.9 Å². The van der Waals surface area contributed by atoms with Crippen molar-refractivity contribution in [1.82, 2.24) is 0 Å². The van der Waals surface area contributed by atoms with Crippen LogP contribution >= 0.6 is 0 Å². The number of aromatic hydroxyl groups is 1. The minimum atomic E-state index is -0.918. The Kier molecular flexibility index (Phi) is 5.17. The van der Waals surface area contributed by atoms with Gasteiger partial charge in [-0.3, -0.25) is 9.59 Å². The molecule has 1 unspecified atom stereocenters. The van der Waals surface area contributed by atoms with Crippen LogP contribution in [-0.4, -0.2) is 23.7 Å². The number of carbonyl (C=O) groups is 2. The number of esters is 2. The Bertz CT molecular complexity index is 410. The summed E-state index contributed by atoms with van der Waals surface area (Å²) < 4.78 is 9.83. The fourth-order valence-electron chi connectivity index (χ4n) is 1.37. The third-order valence-corrected chi connectivity index (χ3v) is 2.32. The molecule has 0 saturated heterocycles. The van der Waals surface area contributed by atoms with Gasteiger partial charge in [0.05, 0.1) is 6.61 Å². The highest BCUT2D eigenvalue weighted by Crippen LogP contribution is 2.18. The molecule has 0 amide bonds. The molecule has 1 aromatic carbocycles. The molecule has 0 aromatic heterocycles. The molecule has 1 rings (SSSR count). The molecule has 0 fully saturated rings. The summed E-state index contributed by atoms with van der Waals surface area (Å²) in [6.45, 7) is 3.61. The second-order valence-corrected chi connectivity index (χ2v) is 3.63. The molecule has 0 aliphatic rings. The first kappa shape index (κ1) is 14.0. The standard InChI is InChI=1S/C13H16O5/c1-3-11(12(15)17-4-2)13(16)18-10-7-5-9(14)6-8-10/h5-8,11,14H,3-4H2,1-2H3. The molecule has 1 aromatic rings. The summed E-state index contributed by atoms with van der Waals surface area (Å²) in [5.74, 6) is -1.79. The van der Waals surface area contributed by atoms with Crippen molar-refractivity contribution in [2.75, 3.05) is 6.61 Å². The molecular weight excluding hydrogens is 236 g/mol. The lowest BCUT2D eigenvalue weighted by atomic mass is 10.1. The molecular formula is C13H16O5. The highest BCUT2D eigenvalue weighted by molar-refractivity contribution is 5.95. The highest BCUT2D eigenvalue weighted by atomic mass is 16.6.